The summed E-state index contributed by atoms with van der Waals surface area (Å²) in [5, 5.41) is 5.21. The van der Waals surface area contributed by atoms with Crippen LogP contribution >= 0.6 is 11.6 Å². The van der Waals surface area contributed by atoms with E-state index in [0.29, 0.717) is 27.7 Å². The van der Waals surface area contributed by atoms with Crippen molar-refractivity contribution in [3.05, 3.63) is 45.3 Å². The van der Waals surface area contributed by atoms with Crippen LogP contribution in [0, 0.1) is 6.92 Å². The van der Waals surface area contributed by atoms with Crippen LogP contribution in [0.4, 0.5) is 5.69 Å². The molecule has 26 heavy (non-hydrogen) atoms. The summed E-state index contributed by atoms with van der Waals surface area (Å²) in [5.41, 5.74) is 2.99. The lowest BCUT2D eigenvalue weighted by Crippen LogP contribution is -2.27. The van der Waals surface area contributed by atoms with E-state index in [2.05, 4.69) is 18.7 Å². The van der Waals surface area contributed by atoms with Crippen LogP contribution < -0.4 is 15.2 Å². The smallest absolute Gasteiger partial charge is 0.280 e. The van der Waals surface area contributed by atoms with Crippen LogP contribution in [-0.4, -0.2) is 34.4 Å². The predicted octanol–water partition coefficient (Wildman–Crippen LogP) is 3.52. The minimum absolute atomic E-state index is 0.100. The molecular weight excluding hydrogens is 352 g/mol. The largest absolute Gasteiger partial charge is 0.497 e. The SMILES string of the molecule is CCN(CC)c1cc(C)n2nc(-c3ccc(OC)cc3Cl)n(C)c(=O)c12. The van der Waals surface area contributed by atoms with Crippen LogP contribution in [0.15, 0.2) is 29.1 Å². The molecule has 3 aromatic rings. The second-order valence-electron chi connectivity index (χ2n) is 6.14. The zero-order chi connectivity index (χ0) is 19.0. The molecule has 3 rings (SSSR count). The quantitative estimate of drug-likeness (QED) is 0.685. The average molecular weight is 375 g/mol. The molecule has 0 saturated carbocycles. The van der Waals surface area contributed by atoms with Gasteiger partial charge < -0.3 is 9.64 Å². The maximum atomic E-state index is 13.1. The highest BCUT2D eigenvalue weighted by molar-refractivity contribution is 6.33. The molecule has 138 valence electrons. The van der Waals surface area contributed by atoms with E-state index in [-0.39, 0.29) is 5.56 Å². The molecule has 2 aromatic heterocycles. The van der Waals surface area contributed by atoms with Crippen molar-refractivity contribution < 1.29 is 4.74 Å². The second kappa shape index (κ2) is 7.03. The number of aryl methyl sites for hydroxylation is 1. The van der Waals surface area contributed by atoms with Crippen molar-refractivity contribution in [3.8, 4) is 17.1 Å². The number of fused-ring (bicyclic) bond motifs is 1. The van der Waals surface area contributed by atoms with Crippen molar-refractivity contribution in [1.29, 1.82) is 0 Å². The normalized spacial score (nSPS) is 11.2. The number of hydrogen-bond acceptors (Lipinski definition) is 4. The van der Waals surface area contributed by atoms with E-state index in [1.54, 1.807) is 35.4 Å². The Bertz CT molecular complexity index is 1020. The summed E-state index contributed by atoms with van der Waals surface area (Å²) in [5.74, 6) is 1.17. The molecule has 0 amide bonds. The third-order valence-electron chi connectivity index (χ3n) is 4.68. The molecule has 0 aliphatic carbocycles. The van der Waals surface area contributed by atoms with Gasteiger partial charge in [0.2, 0.25) is 0 Å². The van der Waals surface area contributed by atoms with Gasteiger partial charge in [0.25, 0.3) is 5.56 Å². The van der Waals surface area contributed by atoms with E-state index >= 15 is 0 Å². The molecule has 6 nitrogen and oxygen atoms in total. The van der Waals surface area contributed by atoms with Gasteiger partial charge in [-0.25, -0.2) is 4.52 Å². The number of benzene rings is 1. The van der Waals surface area contributed by atoms with E-state index in [1.165, 1.54) is 0 Å². The van der Waals surface area contributed by atoms with Gasteiger partial charge in [0.05, 0.1) is 17.8 Å². The number of halogens is 1. The summed E-state index contributed by atoms with van der Waals surface area (Å²) >= 11 is 6.41. The van der Waals surface area contributed by atoms with Gasteiger partial charge >= 0.3 is 0 Å². The van der Waals surface area contributed by atoms with Crippen molar-refractivity contribution in [2.75, 3.05) is 25.1 Å². The molecule has 1 aromatic carbocycles. The molecule has 0 spiro atoms. The Kier molecular flexibility index (Phi) is 4.96. The Balaban J connectivity index is 2.30. The van der Waals surface area contributed by atoms with Gasteiger partial charge in [0, 0.05) is 31.4 Å². The average Bonchev–Trinajstić information content (AvgIpc) is 2.96. The Morgan fingerprint density at radius 1 is 1.23 bits per heavy atom. The number of anilines is 1. The van der Waals surface area contributed by atoms with Crippen molar-refractivity contribution in [2.24, 2.45) is 7.05 Å². The maximum Gasteiger partial charge on any atom is 0.280 e. The summed E-state index contributed by atoms with van der Waals surface area (Å²) in [7, 11) is 3.31. The van der Waals surface area contributed by atoms with Gasteiger partial charge in [-0.05, 0) is 45.0 Å². The minimum Gasteiger partial charge on any atom is -0.497 e. The van der Waals surface area contributed by atoms with Crippen molar-refractivity contribution >= 4 is 22.8 Å². The Hall–Kier alpha value is -2.47. The van der Waals surface area contributed by atoms with Crippen molar-refractivity contribution in [3.63, 3.8) is 0 Å². The van der Waals surface area contributed by atoms with Gasteiger partial charge in [-0.3, -0.25) is 9.36 Å². The van der Waals surface area contributed by atoms with Gasteiger partial charge in [-0.2, -0.15) is 0 Å². The van der Waals surface area contributed by atoms with Crippen LogP contribution in [0.1, 0.15) is 19.5 Å². The highest BCUT2D eigenvalue weighted by Gasteiger charge is 2.20. The van der Waals surface area contributed by atoms with E-state index in [9.17, 15) is 4.79 Å². The lowest BCUT2D eigenvalue weighted by molar-refractivity contribution is 0.415. The molecule has 0 aliphatic heterocycles. The molecule has 0 bridgehead atoms. The minimum atomic E-state index is -0.100. The van der Waals surface area contributed by atoms with Crippen LogP contribution in [-0.2, 0) is 7.05 Å². The van der Waals surface area contributed by atoms with E-state index in [0.717, 1.165) is 24.5 Å². The second-order valence-corrected chi connectivity index (χ2v) is 6.54. The Morgan fingerprint density at radius 2 is 1.92 bits per heavy atom. The number of nitrogens with zero attached hydrogens (tertiary/aromatic N) is 4. The van der Waals surface area contributed by atoms with Gasteiger partial charge in [-0.15, -0.1) is 5.10 Å². The fourth-order valence-corrected chi connectivity index (χ4v) is 3.46. The number of methoxy groups -OCH3 is 1. The zero-order valence-electron chi connectivity index (χ0n) is 15.7. The summed E-state index contributed by atoms with van der Waals surface area (Å²) in [6.45, 7) is 7.75. The Labute approximate surface area is 157 Å². The molecule has 0 saturated heterocycles. The standard InChI is InChI=1S/C19H23ClN4O2/c1-6-23(7-2)16-10-12(3)24-17(16)19(25)22(4)18(21-24)14-9-8-13(26-5)11-15(14)20/h8-11H,6-7H2,1-5H3. The first-order valence-corrected chi connectivity index (χ1v) is 8.98. The van der Waals surface area contributed by atoms with E-state index < -0.39 is 0 Å². The lowest BCUT2D eigenvalue weighted by atomic mass is 10.2. The molecule has 0 radical (unpaired) electrons. The fourth-order valence-electron chi connectivity index (χ4n) is 3.20. The summed E-state index contributed by atoms with van der Waals surface area (Å²) in [4.78, 5) is 15.3. The predicted molar refractivity (Wildman–Crippen MR) is 106 cm³/mol. The monoisotopic (exact) mass is 374 g/mol. The first-order chi connectivity index (χ1) is 12.4. The van der Waals surface area contributed by atoms with Gasteiger partial charge in [-0.1, -0.05) is 11.6 Å². The first kappa shape index (κ1) is 18.3. The summed E-state index contributed by atoms with van der Waals surface area (Å²) in [6.07, 6.45) is 0. The first-order valence-electron chi connectivity index (χ1n) is 8.61. The van der Waals surface area contributed by atoms with Gasteiger partial charge in [0.15, 0.2) is 11.3 Å². The fraction of sp³-hybridized carbons (Fsp3) is 0.368. The van der Waals surface area contributed by atoms with Crippen LogP contribution in [0.3, 0.4) is 0 Å². The number of aromatic nitrogens is 3. The maximum absolute atomic E-state index is 13.1. The highest BCUT2D eigenvalue weighted by Crippen LogP contribution is 2.30. The number of ether oxygens (including phenoxy) is 1. The molecule has 0 aliphatic rings. The summed E-state index contributed by atoms with van der Waals surface area (Å²) in [6, 6.07) is 7.35. The van der Waals surface area contributed by atoms with Crippen LogP contribution in [0.25, 0.3) is 16.9 Å². The molecule has 0 unspecified atom stereocenters. The van der Waals surface area contributed by atoms with Gasteiger partial charge in [0.1, 0.15) is 5.75 Å². The third-order valence-corrected chi connectivity index (χ3v) is 4.99. The van der Waals surface area contributed by atoms with Crippen LogP contribution in [0.2, 0.25) is 5.02 Å². The van der Waals surface area contributed by atoms with Crippen molar-refractivity contribution in [1.82, 2.24) is 14.2 Å². The number of hydrogen-bond donors (Lipinski definition) is 0. The molecular formula is C19H23ClN4O2. The van der Waals surface area contributed by atoms with Crippen molar-refractivity contribution in [2.45, 2.75) is 20.8 Å². The highest BCUT2D eigenvalue weighted by atomic mass is 35.5. The van der Waals surface area contributed by atoms with E-state index in [1.807, 2.05) is 19.1 Å². The molecule has 0 fully saturated rings. The number of rotatable bonds is 5. The molecule has 7 heteroatoms. The van der Waals surface area contributed by atoms with E-state index in [4.69, 9.17) is 21.4 Å². The molecule has 0 atom stereocenters. The topological polar surface area (TPSA) is 51.8 Å². The lowest BCUT2D eigenvalue weighted by Gasteiger charge is -2.20. The van der Waals surface area contributed by atoms with Crippen LogP contribution in [0.5, 0.6) is 5.75 Å². The summed E-state index contributed by atoms with van der Waals surface area (Å²) < 4.78 is 8.46. The Morgan fingerprint density at radius 3 is 2.50 bits per heavy atom. The third kappa shape index (κ3) is 2.84. The molecule has 2 heterocycles. The molecule has 0 N–H and O–H groups in total. The zero-order valence-corrected chi connectivity index (χ0v) is 16.5.